The average Bonchev–Trinajstić information content (AvgIpc) is 0.933. The number of phosphoric ester groups is 2. The van der Waals surface area contributed by atoms with E-state index in [1.807, 2.05) is 0 Å². The number of phosphoric acid groups is 2. The van der Waals surface area contributed by atoms with Gasteiger partial charge < -0.3 is 34.2 Å². The number of ether oxygens (including phenoxy) is 3. The smallest absolute Gasteiger partial charge is 0.463 e. The Labute approximate surface area is 641 Å². The number of hydrogen-bond acceptors (Lipinski definition) is 14. The highest BCUT2D eigenvalue weighted by Gasteiger charge is 2.29. The molecule has 0 aromatic carbocycles. The first-order valence-corrected chi connectivity index (χ1v) is 45.5. The van der Waals surface area contributed by atoms with Crippen LogP contribution in [0.3, 0.4) is 0 Å². The van der Waals surface area contributed by atoms with E-state index in [1.165, 1.54) is 205 Å². The van der Waals surface area contributed by atoms with Crippen LogP contribution in [0.2, 0.25) is 0 Å². The van der Waals surface area contributed by atoms with E-state index in [2.05, 4.69) is 118 Å². The van der Waals surface area contributed by atoms with Crippen LogP contribution < -0.4 is 0 Å². The highest BCUT2D eigenvalue weighted by Crippen LogP contribution is 2.45. The summed E-state index contributed by atoms with van der Waals surface area (Å²) in [5.41, 5.74) is 0. The fourth-order valence-electron chi connectivity index (χ4n) is 11.8. The lowest BCUT2D eigenvalue weighted by atomic mass is 10.0. The molecule has 0 aromatic heterocycles. The van der Waals surface area contributed by atoms with E-state index < -0.39 is 91.5 Å². The van der Waals surface area contributed by atoms with Gasteiger partial charge in [0, 0.05) is 19.3 Å². The largest absolute Gasteiger partial charge is 0.472 e. The maximum absolute atomic E-state index is 12.9. The fraction of sp³-hybridized carbons (Fsp3) is 0.782. The van der Waals surface area contributed by atoms with E-state index in [-0.39, 0.29) is 19.3 Å². The number of hydrogen-bond donors (Lipinski definition) is 4. The molecule has 0 fully saturated rings. The van der Waals surface area contributed by atoms with Crippen LogP contribution in [0.1, 0.15) is 380 Å². The zero-order chi connectivity index (χ0) is 76.6. The summed E-state index contributed by atoms with van der Waals surface area (Å²) in [5.74, 6) is -1.56. The van der Waals surface area contributed by atoms with Gasteiger partial charge in [-0.3, -0.25) is 32.5 Å². The minimum absolute atomic E-state index is 0.107. The third-order valence-electron chi connectivity index (χ3n) is 18.3. The molecule has 0 radical (unpaired) electrons. The highest BCUT2D eigenvalue weighted by atomic mass is 31.2. The second-order valence-electron chi connectivity index (χ2n) is 28.6. The summed E-state index contributed by atoms with van der Waals surface area (Å²) in [6, 6.07) is 0. The molecule has 16 nitrogen and oxygen atoms in total. The van der Waals surface area contributed by atoms with Crippen LogP contribution >= 0.6 is 15.6 Å². The summed E-state index contributed by atoms with van der Waals surface area (Å²) in [6.45, 7) is 2.66. The number of carbonyl (C=O) groups excluding carboxylic acids is 3. The Morgan fingerprint density at radius 3 is 0.771 bits per heavy atom. The Morgan fingerprint density at radius 1 is 0.267 bits per heavy atom. The normalized spacial score (nSPS) is 14.4. The second-order valence-corrected chi connectivity index (χ2v) is 31.5. The van der Waals surface area contributed by atoms with Crippen LogP contribution in [0.15, 0.2) is 97.2 Å². The minimum atomic E-state index is -4.93. The van der Waals surface area contributed by atoms with Crippen LogP contribution in [0.5, 0.6) is 0 Å². The third-order valence-corrected chi connectivity index (χ3v) is 20.2. The maximum atomic E-state index is 12.9. The van der Waals surface area contributed by atoms with E-state index in [0.29, 0.717) is 19.3 Å². The van der Waals surface area contributed by atoms with Gasteiger partial charge in [-0.1, -0.05) is 349 Å². The number of aliphatic hydroxyl groups is 2. The number of allylic oxidation sites excluding steroid dienone is 16. The van der Waals surface area contributed by atoms with Gasteiger partial charge >= 0.3 is 33.6 Å². The molecule has 0 aliphatic rings. The van der Waals surface area contributed by atoms with Crippen LogP contribution in [-0.2, 0) is 55.8 Å². The molecular weight excluding hydrogens is 1360 g/mol. The molecule has 0 aromatic rings. The predicted molar refractivity (Wildman–Crippen MR) is 436 cm³/mol. The molecule has 0 rings (SSSR count). The molecule has 610 valence electrons. The molecule has 0 aliphatic heterocycles. The quantitative estimate of drug-likeness (QED) is 0.0146. The van der Waals surface area contributed by atoms with E-state index in [4.69, 9.17) is 32.3 Å². The molecule has 0 saturated heterocycles. The van der Waals surface area contributed by atoms with Gasteiger partial charge in [0.25, 0.3) is 0 Å². The molecule has 0 aliphatic carbocycles. The van der Waals surface area contributed by atoms with E-state index in [0.717, 1.165) is 116 Å². The Balaban J connectivity index is 4.36. The summed E-state index contributed by atoms with van der Waals surface area (Å²) in [7, 11) is -9.78. The second kappa shape index (κ2) is 80.0. The van der Waals surface area contributed by atoms with Crippen molar-refractivity contribution >= 4 is 33.6 Å². The van der Waals surface area contributed by atoms with Gasteiger partial charge in [0.2, 0.25) is 0 Å². The van der Waals surface area contributed by atoms with E-state index in [9.17, 15) is 43.5 Å². The molecule has 0 heterocycles. The van der Waals surface area contributed by atoms with Crippen LogP contribution in [0.4, 0.5) is 0 Å². The lowest BCUT2D eigenvalue weighted by molar-refractivity contribution is -0.161. The highest BCUT2D eigenvalue weighted by molar-refractivity contribution is 7.47. The SMILES string of the molecule is CCCCC/C=C\C/C=C\C/C=C\C/C=C\CCCCCCCCCCCCCCCCCCCC(=O)OCC(O)COP(=O)(O)OCC(O)COP(=O)(O)OCC(COC(=O)CCCCCCCCCCC/C=C\C/C=C\C/C=C\C/C=C\CCCCC)OC(=O)CCCCCCCCCCCCC. The van der Waals surface area contributed by atoms with Gasteiger partial charge in [-0.15, -0.1) is 0 Å². The fourth-order valence-corrected chi connectivity index (χ4v) is 13.4. The van der Waals surface area contributed by atoms with Crippen molar-refractivity contribution < 1.29 is 75.8 Å². The molecule has 105 heavy (non-hydrogen) atoms. The molecule has 4 N–H and O–H groups in total. The number of unbranched alkanes of at least 4 members (excludes halogenated alkanes) is 42. The number of esters is 3. The molecule has 0 amide bonds. The van der Waals surface area contributed by atoms with Gasteiger partial charge in [0.05, 0.1) is 26.4 Å². The Morgan fingerprint density at radius 2 is 0.476 bits per heavy atom. The number of carbonyl (C=O) groups is 3. The van der Waals surface area contributed by atoms with Crippen molar-refractivity contribution in [3.05, 3.63) is 97.2 Å². The monoisotopic (exact) mass is 1520 g/mol. The van der Waals surface area contributed by atoms with E-state index >= 15 is 0 Å². The van der Waals surface area contributed by atoms with Gasteiger partial charge in [-0.05, 0) is 109 Å². The first kappa shape index (κ1) is 101. The van der Waals surface area contributed by atoms with Crippen LogP contribution in [0, 0.1) is 0 Å². The van der Waals surface area contributed by atoms with Crippen molar-refractivity contribution in [3.8, 4) is 0 Å². The zero-order valence-electron chi connectivity index (χ0n) is 66.9. The standard InChI is InChI=1S/C87H156O16P2/c1-4-7-10-13-16-19-22-24-26-28-30-32-34-36-37-38-39-40-41-42-43-45-47-48-50-52-54-56-59-61-64-67-70-73-85(90)97-76-82(88)77-99-104(93,94)100-78-83(89)79-101-105(95,96)102-81-84(103-87(92)75-72-69-66-63-58-21-18-15-12-9-6-3)80-98-86(91)74-71-68-65-62-60-57-55-53-51-49-46-44-35-33-31-29-27-25-23-20-17-14-11-8-5-2/h16-17,19-20,24-27,30-33,36-37,44,46,82-84,88-89H,4-15,18,21-23,28-29,34-35,38-43,45,47-81H2,1-3H3,(H,93,94)(H,95,96)/b19-16-,20-17-,26-24-,27-25-,32-30-,33-31-,37-36-,46-44-. The summed E-state index contributed by atoms with van der Waals surface area (Å²) < 4.78 is 61.2. The summed E-state index contributed by atoms with van der Waals surface area (Å²) in [5, 5.41) is 20.6. The molecule has 0 spiro atoms. The van der Waals surface area contributed by atoms with Crippen LogP contribution in [-0.4, -0.2) is 95.9 Å². The van der Waals surface area contributed by atoms with E-state index in [1.54, 1.807) is 0 Å². The van der Waals surface area contributed by atoms with Gasteiger partial charge in [0.1, 0.15) is 25.4 Å². The summed E-state index contributed by atoms with van der Waals surface area (Å²) in [6.07, 6.45) is 93.3. The number of aliphatic hydroxyl groups excluding tert-OH is 2. The number of rotatable bonds is 81. The lowest BCUT2D eigenvalue weighted by Gasteiger charge is -2.21. The molecule has 0 bridgehead atoms. The van der Waals surface area contributed by atoms with Crippen molar-refractivity contribution in [3.63, 3.8) is 0 Å². The van der Waals surface area contributed by atoms with Crippen LogP contribution in [0.25, 0.3) is 0 Å². The lowest BCUT2D eigenvalue weighted by Crippen LogP contribution is -2.30. The molecule has 0 saturated carbocycles. The Hall–Kier alpha value is -3.53. The summed E-state index contributed by atoms with van der Waals surface area (Å²) >= 11 is 0. The summed E-state index contributed by atoms with van der Waals surface area (Å²) in [4.78, 5) is 58.6. The topological polar surface area (TPSA) is 231 Å². The third kappa shape index (κ3) is 81.3. The van der Waals surface area contributed by atoms with Gasteiger partial charge in [-0.25, -0.2) is 9.13 Å². The Bertz CT molecular complexity index is 2300. The predicted octanol–water partition coefficient (Wildman–Crippen LogP) is 25.3. The van der Waals surface area contributed by atoms with Crippen molar-refractivity contribution in [2.24, 2.45) is 0 Å². The van der Waals surface area contributed by atoms with Crippen molar-refractivity contribution in [2.75, 3.05) is 39.6 Å². The average molecular weight is 1520 g/mol. The first-order valence-electron chi connectivity index (χ1n) is 42.5. The molecule has 18 heteroatoms. The van der Waals surface area contributed by atoms with Gasteiger partial charge in [-0.2, -0.15) is 0 Å². The molecular formula is C87H156O16P2. The van der Waals surface area contributed by atoms with Crippen molar-refractivity contribution in [1.29, 1.82) is 0 Å². The zero-order valence-corrected chi connectivity index (χ0v) is 68.7. The maximum Gasteiger partial charge on any atom is 0.472 e. The van der Waals surface area contributed by atoms with Gasteiger partial charge in [0.15, 0.2) is 6.10 Å². The van der Waals surface area contributed by atoms with Crippen molar-refractivity contribution in [1.82, 2.24) is 0 Å². The molecule has 5 atom stereocenters. The van der Waals surface area contributed by atoms with Crippen molar-refractivity contribution in [2.45, 2.75) is 399 Å². The molecule has 5 unspecified atom stereocenters. The first-order chi connectivity index (χ1) is 51.2. The minimum Gasteiger partial charge on any atom is -0.463 e. The Kier molecular flexibility index (Phi) is 77.3.